The van der Waals surface area contributed by atoms with Gasteiger partial charge < -0.3 is 5.32 Å². The van der Waals surface area contributed by atoms with Gasteiger partial charge in [-0.1, -0.05) is 19.8 Å². The molecule has 1 saturated carbocycles. The summed E-state index contributed by atoms with van der Waals surface area (Å²) in [5.74, 6) is 0.712. The summed E-state index contributed by atoms with van der Waals surface area (Å²) in [6.45, 7) is 2.46. The molecule has 0 heterocycles. The highest BCUT2D eigenvalue weighted by molar-refractivity contribution is 4.78. The summed E-state index contributed by atoms with van der Waals surface area (Å²) in [4.78, 5) is 0. The zero-order valence-corrected chi connectivity index (χ0v) is 8.53. The average molecular weight is 209 g/mol. The Morgan fingerprint density at radius 3 is 2.43 bits per heavy atom. The van der Waals surface area contributed by atoms with E-state index in [1.807, 2.05) is 6.92 Å². The second kappa shape index (κ2) is 5.01. The van der Waals surface area contributed by atoms with Gasteiger partial charge in [-0.05, 0) is 25.3 Å². The van der Waals surface area contributed by atoms with E-state index in [1.54, 1.807) is 0 Å². The van der Waals surface area contributed by atoms with Gasteiger partial charge >= 0.3 is 6.18 Å². The fraction of sp³-hybridized carbons (Fsp3) is 1.00. The van der Waals surface area contributed by atoms with Gasteiger partial charge in [-0.15, -0.1) is 0 Å². The van der Waals surface area contributed by atoms with Gasteiger partial charge in [0.2, 0.25) is 0 Å². The minimum atomic E-state index is -4.03. The van der Waals surface area contributed by atoms with Crippen molar-refractivity contribution in [1.29, 1.82) is 0 Å². The molecule has 1 nitrogen and oxygen atoms in total. The van der Waals surface area contributed by atoms with Crippen LogP contribution in [0.4, 0.5) is 13.2 Å². The highest BCUT2D eigenvalue weighted by Gasteiger charge is 2.32. The summed E-state index contributed by atoms with van der Waals surface area (Å²) < 4.78 is 36.4. The molecule has 4 heteroatoms. The molecule has 0 aromatic heterocycles. The molecule has 1 aliphatic carbocycles. The predicted molar refractivity (Wildman–Crippen MR) is 50.1 cm³/mol. The van der Waals surface area contributed by atoms with Crippen LogP contribution < -0.4 is 5.32 Å². The normalized spacial score (nSPS) is 19.7. The maximum Gasteiger partial charge on any atom is 0.390 e. The monoisotopic (exact) mass is 209 g/mol. The number of alkyl halides is 3. The molecule has 0 bridgehead atoms. The molecule has 0 aromatic carbocycles. The molecule has 1 N–H and O–H groups in total. The van der Waals surface area contributed by atoms with Crippen LogP contribution in [0.15, 0.2) is 0 Å². The molecule has 84 valence electrons. The van der Waals surface area contributed by atoms with Crippen LogP contribution in [-0.4, -0.2) is 18.8 Å². The van der Waals surface area contributed by atoms with Gasteiger partial charge in [0.15, 0.2) is 0 Å². The van der Waals surface area contributed by atoms with Gasteiger partial charge in [0.05, 0.1) is 6.42 Å². The number of nitrogens with one attached hydrogen (secondary N) is 1. The van der Waals surface area contributed by atoms with Crippen molar-refractivity contribution in [2.24, 2.45) is 5.92 Å². The van der Waals surface area contributed by atoms with Crippen molar-refractivity contribution in [3.8, 4) is 0 Å². The largest absolute Gasteiger partial charge is 0.390 e. The van der Waals surface area contributed by atoms with Gasteiger partial charge in [-0.3, -0.25) is 0 Å². The number of halogens is 3. The fourth-order valence-corrected chi connectivity index (χ4v) is 1.69. The van der Waals surface area contributed by atoms with Gasteiger partial charge in [0.25, 0.3) is 0 Å². The van der Waals surface area contributed by atoms with E-state index in [9.17, 15) is 13.2 Å². The Kier molecular flexibility index (Phi) is 4.23. The van der Waals surface area contributed by atoms with Crippen LogP contribution in [0.2, 0.25) is 0 Å². The van der Waals surface area contributed by atoms with Crippen molar-refractivity contribution >= 4 is 0 Å². The maximum absolute atomic E-state index is 12.1. The topological polar surface area (TPSA) is 12.0 Å². The molecule has 0 spiro atoms. The van der Waals surface area contributed by atoms with Crippen LogP contribution in [0, 0.1) is 5.92 Å². The molecule has 0 radical (unpaired) electrons. The van der Waals surface area contributed by atoms with Crippen LogP contribution in [0.3, 0.4) is 0 Å². The Hall–Kier alpha value is -0.250. The molecule has 1 fully saturated rings. The van der Waals surface area contributed by atoms with E-state index in [1.165, 1.54) is 12.8 Å². The minimum Gasteiger partial charge on any atom is -0.314 e. The molecule has 14 heavy (non-hydrogen) atoms. The van der Waals surface area contributed by atoms with E-state index in [4.69, 9.17) is 0 Å². The number of hydrogen-bond donors (Lipinski definition) is 1. The second-order valence-corrected chi connectivity index (χ2v) is 4.09. The Bertz CT molecular complexity index is 163. The number of hydrogen-bond acceptors (Lipinski definition) is 1. The van der Waals surface area contributed by atoms with E-state index in [0.29, 0.717) is 18.9 Å². The minimum absolute atomic E-state index is 0.374. The third-order valence-corrected chi connectivity index (χ3v) is 2.59. The van der Waals surface area contributed by atoms with E-state index >= 15 is 0 Å². The Balaban J connectivity index is 2.21. The van der Waals surface area contributed by atoms with Crippen LogP contribution in [0.5, 0.6) is 0 Å². The zero-order chi connectivity index (χ0) is 10.6. The van der Waals surface area contributed by atoms with E-state index in [0.717, 1.165) is 6.42 Å². The summed E-state index contributed by atoms with van der Waals surface area (Å²) in [6.07, 6.45) is -0.675. The van der Waals surface area contributed by atoms with Crippen molar-refractivity contribution < 1.29 is 13.2 Å². The first kappa shape index (κ1) is 11.8. The first-order valence-corrected chi connectivity index (χ1v) is 5.31. The van der Waals surface area contributed by atoms with Gasteiger partial charge in [-0.2, -0.15) is 13.2 Å². The Labute approximate surface area is 83.1 Å². The lowest BCUT2D eigenvalue weighted by molar-refractivity contribution is -0.140. The molecule has 1 atom stereocenters. The first-order valence-electron chi connectivity index (χ1n) is 5.31. The quantitative estimate of drug-likeness (QED) is 0.708. The van der Waals surface area contributed by atoms with Crippen LogP contribution >= 0.6 is 0 Å². The molecular weight excluding hydrogens is 191 g/mol. The summed E-state index contributed by atoms with van der Waals surface area (Å²) in [5.41, 5.74) is 0. The van der Waals surface area contributed by atoms with Crippen molar-refractivity contribution in [2.75, 3.05) is 6.54 Å². The van der Waals surface area contributed by atoms with Crippen molar-refractivity contribution in [3.63, 3.8) is 0 Å². The fourth-order valence-electron chi connectivity index (χ4n) is 1.69. The van der Waals surface area contributed by atoms with Crippen LogP contribution in [0.1, 0.15) is 39.0 Å². The van der Waals surface area contributed by atoms with Crippen LogP contribution in [-0.2, 0) is 0 Å². The van der Waals surface area contributed by atoms with Gasteiger partial charge in [0.1, 0.15) is 0 Å². The van der Waals surface area contributed by atoms with Crippen molar-refractivity contribution in [1.82, 2.24) is 5.32 Å². The Morgan fingerprint density at radius 2 is 2.00 bits per heavy atom. The molecule has 0 aromatic rings. The molecule has 0 aliphatic heterocycles. The molecule has 1 aliphatic rings. The molecular formula is C10H18F3N. The molecule has 1 rings (SSSR count). The van der Waals surface area contributed by atoms with E-state index in [2.05, 4.69) is 5.32 Å². The summed E-state index contributed by atoms with van der Waals surface area (Å²) in [5, 5.41) is 2.90. The second-order valence-electron chi connectivity index (χ2n) is 4.09. The summed E-state index contributed by atoms with van der Waals surface area (Å²) in [7, 11) is 0. The summed E-state index contributed by atoms with van der Waals surface area (Å²) in [6, 6.07) is -0.374. The third kappa shape index (κ3) is 5.47. The lowest BCUT2D eigenvalue weighted by Gasteiger charge is -2.19. The molecule has 1 unspecified atom stereocenters. The third-order valence-electron chi connectivity index (χ3n) is 2.59. The van der Waals surface area contributed by atoms with Crippen LogP contribution in [0.25, 0.3) is 0 Å². The Morgan fingerprint density at radius 1 is 1.36 bits per heavy atom. The zero-order valence-electron chi connectivity index (χ0n) is 8.53. The number of rotatable bonds is 6. The van der Waals surface area contributed by atoms with E-state index < -0.39 is 12.6 Å². The molecule has 0 amide bonds. The average Bonchev–Trinajstić information content (AvgIpc) is 2.80. The lowest BCUT2D eigenvalue weighted by Crippen LogP contribution is -2.33. The first-order chi connectivity index (χ1) is 6.51. The van der Waals surface area contributed by atoms with Crippen molar-refractivity contribution in [2.45, 2.75) is 51.2 Å². The van der Waals surface area contributed by atoms with E-state index in [-0.39, 0.29) is 6.04 Å². The van der Waals surface area contributed by atoms with Crippen molar-refractivity contribution in [3.05, 3.63) is 0 Å². The lowest BCUT2D eigenvalue weighted by atomic mass is 10.1. The van der Waals surface area contributed by atoms with Gasteiger partial charge in [-0.25, -0.2) is 0 Å². The highest BCUT2D eigenvalue weighted by Crippen LogP contribution is 2.35. The smallest absolute Gasteiger partial charge is 0.314 e. The summed E-state index contributed by atoms with van der Waals surface area (Å²) >= 11 is 0. The standard InChI is InChI=1S/C10H18F3N/c1-2-14-9(7-10(11,12)13)6-5-8-3-4-8/h8-9,14H,2-7H2,1H3. The SMILES string of the molecule is CCNC(CCC1CC1)CC(F)(F)F. The van der Waals surface area contributed by atoms with Gasteiger partial charge in [0, 0.05) is 6.04 Å². The molecule has 0 saturated heterocycles. The highest BCUT2D eigenvalue weighted by atomic mass is 19.4. The maximum atomic E-state index is 12.1. The predicted octanol–water partition coefficient (Wildman–Crippen LogP) is 3.11.